The Bertz CT molecular complexity index is 566. The molecule has 0 amide bonds. The minimum Gasteiger partial charge on any atom is -0.381 e. The molecule has 2 unspecified atom stereocenters. The topological polar surface area (TPSA) is 52.0 Å². The lowest BCUT2D eigenvalue weighted by Gasteiger charge is -2.38. The second kappa shape index (κ2) is 5.85. The molecule has 5 heteroatoms. The molecule has 1 saturated heterocycles. The quantitative estimate of drug-likeness (QED) is 0.938. The van der Waals surface area contributed by atoms with Crippen LogP contribution in [0.1, 0.15) is 33.1 Å². The summed E-state index contributed by atoms with van der Waals surface area (Å²) in [6.45, 7) is 5.20. The molecule has 3 heterocycles. The normalized spacial score (nSPS) is 25.7. The van der Waals surface area contributed by atoms with Gasteiger partial charge in [0.25, 0.3) is 0 Å². The van der Waals surface area contributed by atoms with Crippen molar-refractivity contribution in [1.82, 2.24) is 14.5 Å². The van der Waals surface area contributed by atoms with Gasteiger partial charge in [0.05, 0.1) is 17.5 Å². The summed E-state index contributed by atoms with van der Waals surface area (Å²) in [4.78, 5) is 8.51. The van der Waals surface area contributed by atoms with Gasteiger partial charge >= 0.3 is 0 Å². The van der Waals surface area contributed by atoms with Crippen LogP contribution in [-0.4, -0.2) is 32.8 Å². The first kappa shape index (κ1) is 14.1. The van der Waals surface area contributed by atoms with Crippen molar-refractivity contribution in [2.24, 2.45) is 0 Å². The zero-order valence-corrected chi connectivity index (χ0v) is 12.6. The first-order valence-corrected chi connectivity index (χ1v) is 7.53. The number of hydrogen-bond donors (Lipinski definition) is 1. The van der Waals surface area contributed by atoms with E-state index in [0.29, 0.717) is 6.04 Å². The fourth-order valence-electron chi connectivity index (χ4n) is 2.75. The lowest BCUT2D eigenvalue weighted by Crippen LogP contribution is -2.41. The van der Waals surface area contributed by atoms with E-state index in [2.05, 4.69) is 35.2 Å². The van der Waals surface area contributed by atoms with Gasteiger partial charge in [-0.3, -0.25) is 4.57 Å². The van der Waals surface area contributed by atoms with Gasteiger partial charge in [-0.1, -0.05) is 6.92 Å². The fourth-order valence-corrected chi connectivity index (χ4v) is 2.75. The van der Waals surface area contributed by atoms with Crippen LogP contribution in [0.5, 0.6) is 0 Å². The number of rotatable bonds is 4. The maximum Gasteiger partial charge on any atom is 0.137 e. The van der Waals surface area contributed by atoms with Crippen molar-refractivity contribution in [3.8, 4) is 5.82 Å². The Morgan fingerprint density at radius 1 is 1.48 bits per heavy atom. The SMILES string of the molecule is CCC1(C)CC(Nc2ccc(-n3ccnc3)nc2)CCO1. The monoisotopic (exact) mass is 286 g/mol. The lowest BCUT2D eigenvalue weighted by atomic mass is 9.90. The predicted molar refractivity (Wildman–Crippen MR) is 82.7 cm³/mol. The molecule has 1 N–H and O–H groups in total. The standard InChI is InChI=1S/C16H22N4O/c1-3-16(2)10-13(6-9-21-16)19-14-4-5-15(18-11-14)20-8-7-17-12-20/h4-5,7-8,11-13,19H,3,6,9-10H2,1-2H3. The number of imidazole rings is 1. The molecule has 0 radical (unpaired) electrons. The molecule has 2 aromatic heterocycles. The molecule has 0 saturated carbocycles. The average molecular weight is 286 g/mol. The van der Waals surface area contributed by atoms with Gasteiger partial charge in [-0.15, -0.1) is 0 Å². The number of nitrogens with one attached hydrogen (secondary N) is 1. The zero-order chi connectivity index (χ0) is 14.7. The van der Waals surface area contributed by atoms with Gasteiger partial charge in [0.1, 0.15) is 12.1 Å². The largest absolute Gasteiger partial charge is 0.381 e. The Hall–Kier alpha value is -1.88. The fraction of sp³-hybridized carbons (Fsp3) is 0.500. The number of aromatic nitrogens is 3. The smallest absolute Gasteiger partial charge is 0.137 e. The van der Waals surface area contributed by atoms with E-state index in [1.807, 2.05) is 23.0 Å². The third-order valence-corrected chi connectivity index (χ3v) is 4.23. The van der Waals surface area contributed by atoms with Crippen molar-refractivity contribution in [2.45, 2.75) is 44.8 Å². The third-order valence-electron chi connectivity index (χ3n) is 4.23. The van der Waals surface area contributed by atoms with E-state index < -0.39 is 0 Å². The molecule has 3 rings (SSSR count). The predicted octanol–water partition coefficient (Wildman–Crippen LogP) is 3.03. The first-order chi connectivity index (χ1) is 10.2. The van der Waals surface area contributed by atoms with Crippen LogP contribution in [-0.2, 0) is 4.74 Å². The number of hydrogen-bond acceptors (Lipinski definition) is 4. The van der Waals surface area contributed by atoms with Crippen molar-refractivity contribution >= 4 is 5.69 Å². The Morgan fingerprint density at radius 3 is 3.05 bits per heavy atom. The number of anilines is 1. The summed E-state index contributed by atoms with van der Waals surface area (Å²) in [6.07, 6.45) is 10.4. The molecule has 0 spiro atoms. The summed E-state index contributed by atoms with van der Waals surface area (Å²) in [6, 6.07) is 4.52. The van der Waals surface area contributed by atoms with Crippen LogP contribution in [0, 0.1) is 0 Å². The molecule has 5 nitrogen and oxygen atoms in total. The van der Waals surface area contributed by atoms with Gasteiger partial charge in [0, 0.05) is 25.0 Å². The van der Waals surface area contributed by atoms with Crippen molar-refractivity contribution < 1.29 is 4.74 Å². The van der Waals surface area contributed by atoms with Crippen LogP contribution >= 0.6 is 0 Å². The minimum atomic E-state index is 0.0000951. The Morgan fingerprint density at radius 2 is 2.38 bits per heavy atom. The molecular weight excluding hydrogens is 264 g/mol. The summed E-state index contributed by atoms with van der Waals surface area (Å²) < 4.78 is 7.78. The van der Waals surface area contributed by atoms with E-state index >= 15 is 0 Å². The van der Waals surface area contributed by atoms with Gasteiger partial charge in [-0.05, 0) is 38.3 Å². The number of pyridine rings is 1. The van der Waals surface area contributed by atoms with Crippen LogP contribution in [0.15, 0.2) is 37.1 Å². The lowest BCUT2D eigenvalue weighted by molar-refractivity contribution is -0.0708. The van der Waals surface area contributed by atoms with Crippen LogP contribution < -0.4 is 5.32 Å². The van der Waals surface area contributed by atoms with Crippen LogP contribution in [0.4, 0.5) is 5.69 Å². The molecule has 112 valence electrons. The Balaban J connectivity index is 1.65. The molecule has 1 fully saturated rings. The van der Waals surface area contributed by atoms with Crippen molar-refractivity contribution in [1.29, 1.82) is 0 Å². The Kier molecular flexibility index (Phi) is 3.92. The van der Waals surface area contributed by atoms with E-state index in [9.17, 15) is 0 Å². The maximum absolute atomic E-state index is 5.88. The molecule has 1 aliphatic rings. The van der Waals surface area contributed by atoms with Gasteiger partial charge in [-0.25, -0.2) is 9.97 Å². The van der Waals surface area contributed by atoms with Crippen LogP contribution in [0.3, 0.4) is 0 Å². The highest BCUT2D eigenvalue weighted by atomic mass is 16.5. The highest BCUT2D eigenvalue weighted by Crippen LogP contribution is 2.29. The Labute approximate surface area is 125 Å². The van der Waals surface area contributed by atoms with E-state index in [-0.39, 0.29) is 5.60 Å². The van der Waals surface area contributed by atoms with Gasteiger partial charge in [0.2, 0.25) is 0 Å². The molecule has 2 aromatic rings. The second-order valence-corrected chi connectivity index (χ2v) is 5.86. The number of ether oxygens (including phenoxy) is 1. The number of nitrogens with zero attached hydrogens (tertiary/aromatic N) is 3. The first-order valence-electron chi connectivity index (χ1n) is 7.53. The summed E-state index contributed by atoms with van der Waals surface area (Å²) in [5.74, 6) is 0.878. The average Bonchev–Trinajstić information content (AvgIpc) is 3.02. The highest BCUT2D eigenvalue weighted by Gasteiger charge is 2.31. The van der Waals surface area contributed by atoms with Crippen molar-refractivity contribution in [2.75, 3.05) is 11.9 Å². The van der Waals surface area contributed by atoms with Crippen molar-refractivity contribution in [3.05, 3.63) is 37.1 Å². The molecule has 0 aromatic carbocycles. The molecule has 2 atom stereocenters. The maximum atomic E-state index is 5.88. The van der Waals surface area contributed by atoms with E-state index in [4.69, 9.17) is 4.74 Å². The van der Waals surface area contributed by atoms with Crippen LogP contribution in [0.25, 0.3) is 5.82 Å². The van der Waals surface area contributed by atoms with Crippen molar-refractivity contribution in [3.63, 3.8) is 0 Å². The van der Waals surface area contributed by atoms with Gasteiger partial charge in [0.15, 0.2) is 0 Å². The summed E-state index contributed by atoms with van der Waals surface area (Å²) in [5, 5.41) is 3.58. The summed E-state index contributed by atoms with van der Waals surface area (Å²) in [5.41, 5.74) is 1.06. The minimum absolute atomic E-state index is 0.0000951. The second-order valence-electron chi connectivity index (χ2n) is 5.86. The highest BCUT2D eigenvalue weighted by molar-refractivity contribution is 5.44. The zero-order valence-electron chi connectivity index (χ0n) is 12.6. The van der Waals surface area contributed by atoms with E-state index in [1.165, 1.54) is 0 Å². The third kappa shape index (κ3) is 3.24. The van der Waals surface area contributed by atoms with E-state index in [1.54, 1.807) is 12.5 Å². The molecule has 1 aliphatic heterocycles. The van der Waals surface area contributed by atoms with E-state index in [0.717, 1.165) is 37.4 Å². The van der Waals surface area contributed by atoms with Gasteiger partial charge in [-0.2, -0.15) is 0 Å². The molecule has 21 heavy (non-hydrogen) atoms. The molecular formula is C16H22N4O. The van der Waals surface area contributed by atoms with Crippen LogP contribution in [0.2, 0.25) is 0 Å². The van der Waals surface area contributed by atoms with Gasteiger partial charge < -0.3 is 10.1 Å². The summed E-state index contributed by atoms with van der Waals surface area (Å²) in [7, 11) is 0. The molecule has 0 aliphatic carbocycles. The molecule has 0 bridgehead atoms. The summed E-state index contributed by atoms with van der Waals surface area (Å²) >= 11 is 0.